The Balaban J connectivity index is 1.29. The van der Waals surface area contributed by atoms with Crippen molar-refractivity contribution in [3.8, 4) is 11.5 Å². The summed E-state index contributed by atoms with van der Waals surface area (Å²) in [5.41, 5.74) is 2.82. The van der Waals surface area contributed by atoms with Crippen LogP contribution in [-0.4, -0.2) is 35.4 Å². The fourth-order valence-electron chi connectivity index (χ4n) is 3.82. The quantitative estimate of drug-likeness (QED) is 0.388. The fraction of sp³-hybridized carbons (Fsp3) is 0.125. The lowest BCUT2D eigenvalue weighted by Crippen LogP contribution is -2.35. The second kappa shape index (κ2) is 9.43. The number of anilines is 1. The van der Waals surface area contributed by atoms with E-state index in [1.165, 1.54) is 28.6 Å². The van der Waals surface area contributed by atoms with E-state index < -0.39 is 15.9 Å². The number of aromatic nitrogens is 2. The van der Waals surface area contributed by atoms with Crippen molar-refractivity contribution in [1.82, 2.24) is 14.5 Å². The number of carbonyl (C=O) groups excluding carboxylic acids is 1. The van der Waals surface area contributed by atoms with Crippen molar-refractivity contribution >= 4 is 45.1 Å². The summed E-state index contributed by atoms with van der Waals surface area (Å²) in [6.07, 6.45) is 0.655. The lowest BCUT2D eigenvalue weighted by molar-refractivity contribution is 0.102. The third-order valence-electron chi connectivity index (χ3n) is 5.65. The van der Waals surface area contributed by atoms with Crippen LogP contribution in [0.3, 0.4) is 0 Å². The van der Waals surface area contributed by atoms with Crippen molar-refractivity contribution in [3.63, 3.8) is 0 Å². The number of halogens is 2. The Morgan fingerprint density at radius 1 is 0.971 bits per heavy atom. The molecule has 1 amide bonds. The molecule has 1 aliphatic heterocycles. The van der Waals surface area contributed by atoms with Gasteiger partial charge >= 0.3 is 6.01 Å². The van der Waals surface area contributed by atoms with Crippen LogP contribution in [0.15, 0.2) is 76.0 Å². The smallest absolute Gasteiger partial charge is 0.322 e. The van der Waals surface area contributed by atoms with E-state index in [2.05, 4.69) is 15.5 Å². The van der Waals surface area contributed by atoms with Crippen LogP contribution in [0.1, 0.15) is 21.5 Å². The lowest BCUT2D eigenvalue weighted by atomic mass is 10.0. The van der Waals surface area contributed by atoms with E-state index in [-0.39, 0.29) is 22.4 Å². The SMILES string of the molecule is O=C(Nc1nnc(-c2cc(Cl)ccc2Cl)o1)c1ccc(S(=O)(=O)N2CCc3ccccc3C2)cc1. The molecule has 0 saturated heterocycles. The monoisotopic (exact) mass is 528 g/mol. The minimum absolute atomic E-state index is 0.0948. The van der Waals surface area contributed by atoms with Crippen LogP contribution in [0.25, 0.3) is 11.5 Å². The van der Waals surface area contributed by atoms with Crippen LogP contribution in [0, 0.1) is 0 Å². The summed E-state index contributed by atoms with van der Waals surface area (Å²) in [6.45, 7) is 0.717. The van der Waals surface area contributed by atoms with Crippen LogP contribution in [-0.2, 0) is 23.0 Å². The van der Waals surface area contributed by atoms with Gasteiger partial charge in [-0.05, 0) is 60.0 Å². The number of carbonyl (C=O) groups is 1. The first kappa shape index (κ1) is 23.5. The van der Waals surface area contributed by atoms with Crippen molar-refractivity contribution in [3.05, 3.63) is 93.5 Å². The lowest BCUT2D eigenvalue weighted by Gasteiger charge is -2.28. The summed E-state index contributed by atoms with van der Waals surface area (Å²) < 4.78 is 33.2. The fourth-order valence-corrected chi connectivity index (χ4v) is 5.60. The highest BCUT2D eigenvalue weighted by Crippen LogP contribution is 2.30. The molecule has 1 aromatic heterocycles. The molecule has 0 bridgehead atoms. The molecule has 178 valence electrons. The van der Waals surface area contributed by atoms with Gasteiger partial charge in [-0.2, -0.15) is 4.31 Å². The molecule has 0 fully saturated rings. The van der Waals surface area contributed by atoms with Gasteiger partial charge in [-0.3, -0.25) is 10.1 Å². The zero-order valence-electron chi connectivity index (χ0n) is 18.1. The van der Waals surface area contributed by atoms with E-state index in [9.17, 15) is 13.2 Å². The van der Waals surface area contributed by atoms with Crippen molar-refractivity contribution in [2.45, 2.75) is 17.9 Å². The second-order valence-corrected chi connectivity index (χ2v) is 10.7. The normalized spacial score (nSPS) is 13.9. The van der Waals surface area contributed by atoms with Gasteiger partial charge in [-0.25, -0.2) is 8.42 Å². The maximum atomic E-state index is 13.1. The van der Waals surface area contributed by atoms with E-state index in [1.807, 2.05) is 24.3 Å². The molecule has 0 atom stereocenters. The molecular weight excluding hydrogens is 511 g/mol. The van der Waals surface area contributed by atoms with E-state index in [4.69, 9.17) is 27.6 Å². The van der Waals surface area contributed by atoms with Crippen LogP contribution in [0.5, 0.6) is 0 Å². The molecule has 11 heteroatoms. The first-order chi connectivity index (χ1) is 16.8. The van der Waals surface area contributed by atoms with E-state index in [0.29, 0.717) is 35.1 Å². The zero-order chi connectivity index (χ0) is 24.6. The zero-order valence-corrected chi connectivity index (χ0v) is 20.4. The third kappa shape index (κ3) is 4.81. The van der Waals surface area contributed by atoms with Gasteiger partial charge in [-0.1, -0.05) is 52.6 Å². The molecule has 3 aromatic carbocycles. The Hall–Kier alpha value is -3.24. The Labute approximate surface area is 211 Å². The minimum atomic E-state index is -3.70. The third-order valence-corrected chi connectivity index (χ3v) is 8.08. The molecule has 1 aliphatic rings. The number of benzene rings is 3. The van der Waals surface area contributed by atoms with Crippen molar-refractivity contribution in [2.75, 3.05) is 11.9 Å². The number of nitrogens with zero attached hydrogens (tertiary/aromatic N) is 3. The second-order valence-electron chi connectivity index (χ2n) is 7.87. The summed E-state index contributed by atoms with van der Waals surface area (Å²) in [5.74, 6) is -0.439. The number of amides is 1. The molecule has 0 saturated carbocycles. The molecule has 2 heterocycles. The van der Waals surface area contributed by atoms with Gasteiger partial charge in [0.1, 0.15) is 0 Å². The van der Waals surface area contributed by atoms with E-state index in [0.717, 1.165) is 11.1 Å². The number of hydrogen-bond donors (Lipinski definition) is 1. The number of sulfonamides is 1. The predicted octanol–water partition coefficient (Wildman–Crippen LogP) is 5.04. The van der Waals surface area contributed by atoms with Gasteiger partial charge in [0.2, 0.25) is 10.0 Å². The highest BCUT2D eigenvalue weighted by atomic mass is 35.5. The van der Waals surface area contributed by atoms with Gasteiger partial charge in [0.15, 0.2) is 0 Å². The molecular formula is C24H18Cl2N4O4S. The van der Waals surface area contributed by atoms with Crippen LogP contribution >= 0.6 is 23.2 Å². The van der Waals surface area contributed by atoms with Crippen LogP contribution in [0.2, 0.25) is 10.0 Å². The molecule has 0 aliphatic carbocycles. The summed E-state index contributed by atoms with van der Waals surface area (Å²) in [4.78, 5) is 12.7. The Bertz CT molecular complexity index is 1520. The molecule has 35 heavy (non-hydrogen) atoms. The number of fused-ring (bicyclic) bond motifs is 1. The van der Waals surface area contributed by atoms with Crippen LogP contribution < -0.4 is 5.32 Å². The molecule has 1 N–H and O–H groups in total. The van der Waals surface area contributed by atoms with Gasteiger partial charge in [0, 0.05) is 23.7 Å². The van der Waals surface area contributed by atoms with Crippen LogP contribution in [0.4, 0.5) is 6.01 Å². The van der Waals surface area contributed by atoms with E-state index >= 15 is 0 Å². The molecule has 0 radical (unpaired) electrons. The summed E-state index contributed by atoms with van der Waals surface area (Å²) in [6, 6.07) is 18.2. The highest BCUT2D eigenvalue weighted by Gasteiger charge is 2.28. The van der Waals surface area contributed by atoms with Gasteiger partial charge in [0.05, 0.1) is 15.5 Å². The standard InChI is InChI=1S/C24H18Cl2N4O4S/c25-18-7-10-21(26)20(13-18)23-28-29-24(34-23)27-22(31)16-5-8-19(9-6-16)35(32,33)30-12-11-15-3-1-2-4-17(15)14-30/h1-10,13H,11-12,14H2,(H,27,29,31). The first-order valence-electron chi connectivity index (χ1n) is 10.6. The summed E-state index contributed by atoms with van der Waals surface area (Å²) >= 11 is 12.1. The van der Waals surface area contributed by atoms with Gasteiger partial charge in [0.25, 0.3) is 11.8 Å². The summed E-state index contributed by atoms with van der Waals surface area (Å²) in [5, 5.41) is 11.0. The van der Waals surface area contributed by atoms with Crippen molar-refractivity contribution in [1.29, 1.82) is 0 Å². The molecule has 4 aromatic rings. The predicted molar refractivity (Wildman–Crippen MR) is 132 cm³/mol. The molecule has 0 unspecified atom stereocenters. The Kier molecular flexibility index (Phi) is 6.33. The van der Waals surface area contributed by atoms with Gasteiger partial charge in [-0.15, -0.1) is 5.10 Å². The van der Waals surface area contributed by atoms with Crippen molar-refractivity contribution in [2.24, 2.45) is 0 Å². The maximum Gasteiger partial charge on any atom is 0.322 e. The maximum absolute atomic E-state index is 13.1. The average molecular weight is 529 g/mol. The first-order valence-corrected chi connectivity index (χ1v) is 12.8. The minimum Gasteiger partial charge on any atom is -0.403 e. The average Bonchev–Trinajstić information content (AvgIpc) is 3.33. The highest BCUT2D eigenvalue weighted by molar-refractivity contribution is 7.89. The Morgan fingerprint density at radius 2 is 1.71 bits per heavy atom. The van der Waals surface area contributed by atoms with E-state index in [1.54, 1.807) is 18.2 Å². The number of hydrogen-bond acceptors (Lipinski definition) is 6. The number of rotatable bonds is 5. The topological polar surface area (TPSA) is 105 Å². The Morgan fingerprint density at radius 3 is 2.49 bits per heavy atom. The largest absolute Gasteiger partial charge is 0.403 e. The molecule has 0 spiro atoms. The molecule has 8 nitrogen and oxygen atoms in total. The van der Waals surface area contributed by atoms with Gasteiger partial charge < -0.3 is 4.42 Å². The number of nitrogens with one attached hydrogen (secondary N) is 1. The van der Waals surface area contributed by atoms with Crippen molar-refractivity contribution < 1.29 is 17.6 Å². The molecule has 5 rings (SSSR count). The summed E-state index contributed by atoms with van der Waals surface area (Å²) in [7, 11) is -3.70.